The number of hydrogen-bond donors (Lipinski definition) is 3. The van der Waals surface area contributed by atoms with Crippen molar-refractivity contribution in [1.82, 2.24) is 19.7 Å². The minimum absolute atomic E-state index is 0.0390. The topological polar surface area (TPSA) is 112 Å². The van der Waals surface area contributed by atoms with Gasteiger partial charge < -0.3 is 15.5 Å². The van der Waals surface area contributed by atoms with E-state index in [0.717, 1.165) is 57.2 Å². The Bertz CT molecular complexity index is 1280. The van der Waals surface area contributed by atoms with Crippen LogP contribution in [0.1, 0.15) is 62.0 Å². The first-order chi connectivity index (χ1) is 18.4. The highest BCUT2D eigenvalue weighted by atomic mass is 32.2. The number of anilines is 3. The van der Waals surface area contributed by atoms with Crippen molar-refractivity contribution >= 4 is 39.2 Å². The lowest BCUT2D eigenvalue weighted by atomic mass is 10.1. The molecule has 0 amide bonds. The number of benzene rings is 1. The molecule has 11 heteroatoms. The van der Waals surface area contributed by atoms with E-state index in [-0.39, 0.29) is 6.04 Å². The predicted molar refractivity (Wildman–Crippen MR) is 156 cm³/mol. The summed E-state index contributed by atoms with van der Waals surface area (Å²) in [6.07, 6.45) is 5.86. The normalized spacial score (nSPS) is 15.7. The Labute approximate surface area is 230 Å². The van der Waals surface area contributed by atoms with Gasteiger partial charge in [0.05, 0.1) is 11.4 Å². The number of rotatable bonds is 14. The second-order valence-corrected chi connectivity index (χ2v) is 12.5. The number of hydrogen-bond acceptors (Lipinski definition) is 9. The highest BCUT2D eigenvalue weighted by molar-refractivity contribution is 7.89. The van der Waals surface area contributed by atoms with Gasteiger partial charge in [-0.05, 0) is 67.3 Å². The van der Waals surface area contributed by atoms with Gasteiger partial charge in [-0.15, -0.1) is 11.3 Å². The van der Waals surface area contributed by atoms with Gasteiger partial charge in [0, 0.05) is 30.6 Å². The van der Waals surface area contributed by atoms with Crippen molar-refractivity contribution in [1.29, 1.82) is 0 Å². The molecule has 3 heterocycles. The third-order valence-corrected chi connectivity index (χ3v) is 9.05. The minimum Gasteiger partial charge on any atom is -0.354 e. The van der Waals surface area contributed by atoms with E-state index in [2.05, 4.69) is 57.5 Å². The van der Waals surface area contributed by atoms with E-state index in [1.807, 2.05) is 12.1 Å². The highest BCUT2D eigenvalue weighted by Crippen LogP contribution is 2.25. The molecule has 3 N–H and O–H groups in total. The van der Waals surface area contributed by atoms with Crippen LogP contribution in [0.2, 0.25) is 0 Å². The summed E-state index contributed by atoms with van der Waals surface area (Å²) in [6, 6.07) is 9.27. The van der Waals surface area contributed by atoms with Gasteiger partial charge in [-0.3, -0.25) is 0 Å². The van der Waals surface area contributed by atoms with Crippen molar-refractivity contribution in [3.8, 4) is 0 Å². The Morgan fingerprint density at radius 3 is 2.50 bits per heavy atom. The molecule has 0 spiro atoms. The minimum atomic E-state index is -3.61. The Morgan fingerprint density at radius 2 is 1.82 bits per heavy atom. The van der Waals surface area contributed by atoms with Crippen molar-refractivity contribution in [2.75, 3.05) is 35.2 Å². The third-order valence-electron chi connectivity index (χ3n) is 6.56. The second kappa shape index (κ2) is 13.3. The molecule has 0 saturated carbocycles. The van der Waals surface area contributed by atoms with E-state index >= 15 is 0 Å². The Kier molecular flexibility index (Phi) is 9.92. The first-order valence-electron chi connectivity index (χ1n) is 13.5. The van der Waals surface area contributed by atoms with E-state index in [1.165, 1.54) is 10.4 Å². The molecule has 38 heavy (non-hydrogen) atoms. The van der Waals surface area contributed by atoms with Gasteiger partial charge in [-0.2, -0.15) is 15.0 Å². The largest absolute Gasteiger partial charge is 0.354 e. The Morgan fingerprint density at radius 1 is 1.05 bits per heavy atom. The molecular weight excluding hydrogens is 518 g/mol. The standard InChI is InChI=1S/C27H39N7O2S2/c1-4-6-14-28-25-31-26(29-18-23-16-20(3)19-37-23)33-27(32-25)34-15-7-9-22(34)17-30-38(35,36)24-12-10-21(8-5-2)11-13-24/h10-13,16,19,22,30H,4-9,14-15,17-18H2,1-3H3,(H2,28,29,31,32,33)/t22-/m1/s1. The van der Waals surface area contributed by atoms with Gasteiger partial charge >= 0.3 is 0 Å². The monoisotopic (exact) mass is 557 g/mol. The summed E-state index contributed by atoms with van der Waals surface area (Å²) in [7, 11) is -3.61. The maximum absolute atomic E-state index is 13.0. The van der Waals surface area contributed by atoms with Crippen LogP contribution in [0.25, 0.3) is 0 Å². The maximum Gasteiger partial charge on any atom is 0.240 e. The van der Waals surface area contributed by atoms with E-state index in [0.29, 0.717) is 35.8 Å². The Hall–Kier alpha value is -2.76. The zero-order valence-electron chi connectivity index (χ0n) is 22.5. The fraction of sp³-hybridized carbons (Fsp3) is 0.519. The number of unbranched alkanes of at least 4 members (excludes halogenated alkanes) is 1. The average Bonchev–Trinajstić information content (AvgIpc) is 3.56. The molecular formula is C27H39N7O2S2. The van der Waals surface area contributed by atoms with Crippen LogP contribution in [-0.2, 0) is 23.0 Å². The molecule has 0 bridgehead atoms. The molecule has 1 saturated heterocycles. The molecule has 1 atom stereocenters. The summed E-state index contributed by atoms with van der Waals surface area (Å²) in [5.74, 6) is 1.61. The van der Waals surface area contributed by atoms with Gasteiger partial charge in [0.15, 0.2) is 0 Å². The van der Waals surface area contributed by atoms with Crippen LogP contribution in [0.4, 0.5) is 17.8 Å². The lowest BCUT2D eigenvalue weighted by Gasteiger charge is -2.25. The summed E-state index contributed by atoms with van der Waals surface area (Å²) >= 11 is 1.70. The smallest absolute Gasteiger partial charge is 0.240 e. The van der Waals surface area contributed by atoms with Gasteiger partial charge in [-0.25, -0.2) is 13.1 Å². The molecule has 4 rings (SSSR count). The molecule has 3 aromatic rings. The summed E-state index contributed by atoms with van der Waals surface area (Å²) in [4.78, 5) is 17.6. The van der Waals surface area contributed by atoms with Crippen molar-refractivity contribution in [3.05, 3.63) is 51.7 Å². The summed E-state index contributed by atoms with van der Waals surface area (Å²) in [5.41, 5.74) is 2.38. The average molecular weight is 558 g/mol. The first kappa shape index (κ1) is 28.3. The number of nitrogens with zero attached hydrogens (tertiary/aromatic N) is 4. The Balaban J connectivity index is 1.47. The van der Waals surface area contributed by atoms with Gasteiger partial charge in [0.2, 0.25) is 27.9 Å². The molecule has 1 aliphatic rings. The number of aromatic nitrogens is 3. The molecule has 1 aromatic carbocycles. The second-order valence-electron chi connectivity index (χ2n) is 9.74. The predicted octanol–water partition coefficient (Wildman–Crippen LogP) is 4.97. The van der Waals surface area contributed by atoms with Crippen LogP contribution in [0.3, 0.4) is 0 Å². The fourth-order valence-electron chi connectivity index (χ4n) is 4.50. The summed E-state index contributed by atoms with van der Waals surface area (Å²) in [5, 5.41) is 8.79. The molecule has 0 unspecified atom stereocenters. The quantitative estimate of drug-likeness (QED) is 0.238. The van der Waals surface area contributed by atoms with E-state index in [1.54, 1.807) is 23.5 Å². The molecule has 1 fully saturated rings. The lowest BCUT2D eigenvalue weighted by molar-refractivity contribution is 0.565. The number of thiophene rings is 1. The zero-order chi connectivity index (χ0) is 27.0. The number of nitrogens with one attached hydrogen (secondary N) is 3. The number of aryl methyl sites for hydroxylation is 2. The van der Waals surface area contributed by atoms with Gasteiger partial charge in [-0.1, -0.05) is 38.8 Å². The maximum atomic E-state index is 13.0. The zero-order valence-corrected chi connectivity index (χ0v) is 24.2. The van der Waals surface area contributed by atoms with Crippen LogP contribution >= 0.6 is 11.3 Å². The van der Waals surface area contributed by atoms with Crippen LogP contribution in [0.15, 0.2) is 40.6 Å². The first-order valence-corrected chi connectivity index (χ1v) is 15.9. The van der Waals surface area contributed by atoms with Crippen molar-refractivity contribution in [3.63, 3.8) is 0 Å². The van der Waals surface area contributed by atoms with E-state index in [4.69, 9.17) is 9.97 Å². The molecule has 1 aliphatic heterocycles. The van der Waals surface area contributed by atoms with Crippen molar-refractivity contribution in [2.24, 2.45) is 0 Å². The lowest BCUT2D eigenvalue weighted by Crippen LogP contribution is -2.41. The molecule has 206 valence electrons. The summed E-state index contributed by atoms with van der Waals surface area (Å²) < 4.78 is 28.8. The van der Waals surface area contributed by atoms with Crippen LogP contribution in [0.5, 0.6) is 0 Å². The molecule has 0 aliphatic carbocycles. The van der Waals surface area contributed by atoms with Gasteiger partial charge in [0.1, 0.15) is 0 Å². The van der Waals surface area contributed by atoms with E-state index < -0.39 is 10.0 Å². The van der Waals surface area contributed by atoms with Crippen LogP contribution < -0.4 is 20.3 Å². The highest BCUT2D eigenvalue weighted by Gasteiger charge is 2.29. The van der Waals surface area contributed by atoms with E-state index in [9.17, 15) is 8.42 Å². The SMILES string of the molecule is CCCCNc1nc(NCc2cc(C)cs2)nc(N2CCC[C@@H]2CNS(=O)(=O)c2ccc(CCC)cc2)n1. The molecule has 0 radical (unpaired) electrons. The molecule has 2 aromatic heterocycles. The van der Waals surface area contributed by atoms with Crippen molar-refractivity contribution < 1.29 is 8.42 Å². The van der Waals surface area contributed by atoms with Crippen LogP contribution in [0, 0.1) is 6.92 Å². The molecule has 9 nitrogen and oxygen atoms in total. The number of sulfonamides is 1. The summed E-state index contributed by atoms with van der Waals surface area (Å²) in [6.45, 7) is 8.81. The van der Waals surface area contributed by atoms with Gasteiger partial charge in [0.25, 0.3) is 0 Å². The van der Waals surface area contributed by atoms with Crippen molar-refractivity contribution in [2.45, 2.75) is 76.8 Å². The fourth-order valence-corrected chi connectivity index (χ4v) is 6.39. The third kappa shape index (κ3) is 7.64. The van der Waals surface area contributed by atoms with Crippen LogP contribution in [-0.4, -0.2) is 49.0 Å².